The highest BCUT2D eigenvalue weighted by molar-refractivity contribution is 9.10. The van der Waals surface area contributed by atoms with Gasteiger partial charge in [0.1, 0.15) is 11.6 Å². The molecule has 0 amide bonds. The van der Waals surface area contributed by atoms with E-state index in [0.717, 1.165) is 18.2 Å². The molecule has 2 N–H and O–H groups in total. The van der Waals surface area contributed by atoms with Crippen LogP contribution in [0.3, 0.4) is 0 Å². The Morgan fingerprint density at radius 1 is 1.35 bits per heavy atom. The largest absolute Gasteiger partial charge is 0.480 e. The van der Waals surface area contributed by atoms with Crippen LogP contribution >= 0.6 is 15.9 Å². The summed E-state index contributed by atoms with van der Waals surface area (Å²) in [7, 11) is 0. The van der Waals surface area contributed by atoms with Crippen LogP contribution in [0.25, 0.3) is 0 Å². The number of nitrogens with two attached hydrogens (primary N) is 1. The van der Waals surface area contributed by atoms with Crippen LogP contribution in [0.15, 0.2) is 22.7 Å². The molecule has 0 saturated carbocycles. The van der Waals surface area contributed by atoms with Gasteiger partial charge in [0.2, 0.25) is 0 Å². The Labute approximate surface area is 104 Å². The predicted molar refractivity (Wildman–Crippen MR) is 58.2 cm³/mol. The quantitative estimate of drug-likeness (QED) is 0.866. The van der Waals surface area contributed by atoms with E-state index in [4.69, 9.17) is 10.5 Å². The number of alkyl halides is 3. The van der Waals surface area contributed by atoms with E-state index in [9.17, 15) is 17.6 Å². The zero-order chi connectivity index (χ0) is 13.1. The smallest absolute Gasteiger partial charge is 0.425 e. The van der Waals surface area contributed by atoms with Crippen molar-refractivity contribution in [2.24, 2.45) is 5.73 Å². The molecule has 1 atom stereocenters. The van der Waals surface area contributed by atoms with Gasteiger partial charge in [-0.1, -0.05) is 0 Å². The van der Waals surface area contributed by atoms with E-state index in [1.807, 2.05) is 0 Å². The third kappa shape index (κ3) is 4.16. The molecule has 1 aromatic carbocycles. The second-order valence-corrected chi connectivity index (χ2v) is 4.15. The summed E-state index contributed by atoms with van der Waals surface area (Å²) in [4.78, 5) is 0. The summed E-state index contributed by atoms with van der Waals surface area (Å²) in [6, 6.07) is 3.19. The average Bonchev–Trinajstić information content (AvgIpc) is 2.19. The van der Waals surface area contributed by atoms with Crippen LogP contribution in [-0.4, -0.2) is 18.8 Å². The number of hydrogen-bond donors (Lipinski definition) is 1. The SMILES string of the molecule is NCCC(Oc1ccc(F)cc1Br)C(F)(F)F. The van der Waals surface area contributed by atoms with Crippen molar-refractivity contribution >= 4 is 15.9 Å². The Kier molecular flexibility index (Phi) is 4.76. The molecule has 0 saturated heterocycles. The molecular weight excluding hydrogens is 306 g/mol. The first-order valence-corrected chi connectivity index (χ1v) is 5.52. The Balaban J connectivity index is 2.86. The van der Waals surface area contributed by atoms with Crippen molar-refractivity contribution in [1.82, 2.24) is 0 Å². The van der Waals surface area contributed by atoms with Gasteiger partial charge >= 0.3 is 6.18 Å². The Morgan fingerprint density at radius 3 is 2.47 bits per heavy atom. The summed E-state index contributed by atoms with van der Waals surface area (Å²) in [5, 5.41) is 0. The van der Waals surface area contributed by atoms with Crippen molar-refractivity contribution in [3.8, 4) is 5.75 Å². The lowest BCUT2D eigenvalue weighted by atomic mass is 10.2. The van der Waals surface area contributed by atoms with Crippen LogP contribution in [0.2, 0.25) is 0 Å². The van der Waals surface area contributed by atoms with Crippen molar-refractivity contribution in [3.63, 3.8) is 0 Å². The van der Waals surface area contributed by atoms with E-state index in [-0.39, 0.29) is 23.2 Å². The normalized spacial score (nSPS) is 13.5. The van der Waals surface area contributed by atoms with E-state index in [1.165, 1.54) is 0 Å². The summed E-state index contributed by atoms with van der Waals surface area (Å²) in [6.07, 6.45) is -6.85. The predicted octanol–water partition coefficient (Wildman–Crippen LogP) is 3.25. The Bertz CT molecular complexity index is 383. The van der Waals surface area contributed by atoms with E-state index >= 15 is 0 Å². The molecule has 2 nitrogen and oxygen atoms in total. The van der Waals surface area contributed by atoms with Gasteiger partial charge in [0, 0.05) is 6.42 Å². The van der Waals surface area contributed by atoms with Crippen LogP contribution in [0.5, 0.6) is 5.75 Å². The van der Waals surface area contributed by atoms with Crippen LogP contribution in [-0.2, 0) is 0 Å². The number of hydrogen-bond acceptors (Lipinski definition) is 2. The lowest BCUT2D eigenvalue weighted by Crippen LogP contribution is -2.36. The van der Waals surface area contributed by atoms with Gasteiger partial charge in [-0.05, 0) is 40.7 Å². The zero-order valence-electron chi connectivity index (χ0n) is 8.60. The maximum Gasteiger partial charge on any atom is 0.425 e. The first kappa shape index (κ1) is 14.2. The highest BCUT2D eigenvalue weighted by Gasteiger charge is 2.41. The minimum Gasteiger partial charge on any atom is -0.480 e. The van der Waals surface area contributed by atoms with Crippen LogP contribution in [0.1, 0.15) is 6.42 Å². The summed E-state index contributed by atoms with van der Waals surface area (Å²) in [6.45, 7) is -0.150. The van der Waals surface area contributed by atoms with E-state index in [0.29, 0.717) is 0 Å². The fraction of sp³-hybridized carbons (Fsp3) is 0.400. The van der Waals surface area contributed by atoms with Crippen LogP contribution < -0.4 is 10.5 Å². The lowest BCUT2D eigenvalue weighted by Gasteiger charge is -2.21. The second kappa shape index (κ2) is 5.68. The minimum absolute atomic E-state index is 0.0674. The Morgan fingerprint density at radius 2 is 2.00 bits per heavy atom. The summed E-state index contributed by atoms with van der Waals surface area (Å²) in [5.74, 6) is -0.631. The molecule has 1 unspecified atom stereocenters. The first-order valence-electron chi connectivity index (χ1n) is 4.73. The molecule has 1 aromatic rings. The highest BCUT2D eigenvalue weighted by atomic mass is 79.9. The molecule has 17 heavy (non-hydrogen) atoms. The monoisotopic (exact) mass is 315 g/mol. The number of ether oxygens (including phenoxy) is 1. The molecule has 0 spiro atoms. The van der Waals surface area contributed by atoms with Gasteiger partial charge in [0.15, 0.2) is 6.10 Å². The molecule has 1 rings (SSSR count). The van der Waals surface area contributed by atoms with Crippen molar-refractivity contribution in [2.45, 2.75) is 18.7 Å². The van der Waals surface area contributed by atoms with Gasteiger partial charge in [0.25, 0.3) is 0 Å². The van der Waals surface area contributed by atoms with Gasteiger partial charge < -0.3 is 10.5 Å². The Hall–Kier alpha value is -0.820. The first-order chi connectivity index (χ1) is 7.84. The van der Waals surface area contributed by atoms with Gasteiger partial charge in [-0.2, -0.15) is 13.2 Å². The van der Waals surface area contributed by atoms with Gasteiger partial charge in [-0.25, -0.2) is 4.39 Å². The molecule has 96 valence electrons. The zero-order valence-corrected chi connectivity index (χ0v) is 10.2. The van der Waals surface area contributed by atoms with Gasteiger partial charge in [0.05, 0.1) is 4.47 Å². The van der Waals surface area contributed by atoms with E-state index in [1.54, 1.807) is 0 Å². The third-order valence-corrected chi connectivity index (χ3v) is 2.58. The molecular formula is C10H10BrF4NO. The molecule has 0 fully saturated rings. The number of benzene rings is 1. The third-order valence-electron chi connectivity index (χ3n) is 1.96. The molecule has 0 radical (unpaired) electrons. The maximum atomic E-state index is 12.7. The standard InChI is InChI=1S/C10H10BrF4NO/c11-7-5-6(12)1-2-8(7)17-9(3-4-16)10(13,14)15/h1-2,5,9H,3-4,16H2. The van der Waals surface area contributed by atoms with Crippen molar-refractivity contribution in [1.29, 1.82) is 0 Å². The van der Waals surface area contributed by atoms with Crippen molar-refractivity contribution in [3.05, 3.63) is 28.5 Å². The lowest BCUT2D eigenvalue weighted by molar-refractivity contribution is -0.196. The second-order valence-electron chi connectivity index (χ2n) is 3.30. The van der Waals surface area contributed by atoms with Gasteiger partial charge in [-0.15, -0.1) is 0 Å². The molecule has 0 aromatic heterocycles. The number of rotatable bonds is 4. The summed E-state index contributed by atoms with van der Waals surface area (Å²) in [5.41, 5.74) is 5.09. The molecule has 0 aliphatic carbocycles. The number of halogens is 5. The van der Waals surface area contributed by atoms with Crippen LogP contribution in [0, 0.1) is 5.82 Å². The van der Waals surface area contributed by atoms with E-state index in [2.05, 4.69) is 15.9 Å². The highest BCUT2D eigenvalue weighted by Crippen LogP contribution is 2.31. The van der Waals surface area contributed by atoms with Gasteiger partial charge in [-0.3, -0.25) is 0 Å². The molecule has 0 aliphatic rings. The summed E-state index contributed by atoms with van der Waals surface area (Å²) < 4.78 is 55.3. The maximum absolute atomic E-state index is 12.7. The fourth-order valence-corrected chi connectivity index (χ4v) is 1.61. The van der Waals surface area contributed by atoms with E-state index < -0.39 is 18.1 Å². The molecule has 0 bridgehead atoms. The van der Waals surface area contributed by atoms with Crippen molar-refractivity contribution < 1.29 is 22.3 Å². The topological polar surface area (TPSA) is 35.2 Å². The molecule has 0 aliphatic heterocycles. The molecule has 7 heteroatoms. The van der Waals surface area contributed by atoms with Crippen LogP contribution in [0.4, 0.5) is 17.6 Å². The average molecular weight is 316 g/mol. The summed E-state index contributed by atoms with van der Waals surface area (Å²) >= 11 is 2.93. The van der Waals surface area contributed by atoms with Crippen molar-refractivity contribution in [2.75, 3.05) is 6.54 Å². The minimum atomic E-state index is -4.51. The fourth-order valence-electron chi connectivity index (χ4n) is 1.16. The molecule has 0 heterocycles.